The van der Waals surface area contributed by atoms with Gasteiger partial charge >= 0.3 is 0 Å². The Balaban J connectivity index is 2.52. The number of rotatable bonds is 4. The van der Waals surface area contributed by atoms with Crippen molar-refractivity contribution in [3.63, 3.8) is 0 Å². The van der Waals surface area contributed by atoms with Gasteiger partial charge in [0, 0.05) is 0 Å². The number of aryl methyl sites for hydroxylation is 1. The van der Waals surface area contributed by atoms with Gasteiger partial charge in [0.05, 0.1) is 17.4 Å². The Morgan fingerprint density at radius 2 is 1.80 bits per heavy atom. The minimum absolute atomic E-state index is 0.0553. The zero-order valence-electron chi connectivity index (χ0n) is 11.2. The molecule has 0 saturated carbocycles. The highest BCUT2D eigenvalue weighted by Crippen LogP contribution is 2.31. The summed E-state index contributed by atoms with van der Waals surface area (Å²) >= 11 is 0. The van der Waals surface area contributed by atoms with E-state index in [1.807, 2.05) is 25.1 Å². The molecule has 0 bridgehead atoms. The molecule has 0 fully saturated rings. The Kier molecular flexibility index (Phi) is 4.21. The Hall–Kier alpha value is -2.12. The molecule has 0 aliphatic heterocycles. The lowest BCUT2D eigenvalue weighted by atomic mass is 10.1. The van der Waals surface area contributed by atoms with Gasteiger partial charge in [-0.2, -0.15) is 5.26 Å². The highest BCUT2D eigenvalue weighted by atomic mass is 32.2. The van der Waals surface area contributed by atoms with Crippen LogP contribution in [0.5, 0.6) is 0 Å². The van der Waals surface area contributed by atoms with E-state index in [1.54, 1.807) is 42.5 Å². The predicted octanol–water partition coefficient (Wildman–Crippen LogP) is 3.42. The van der Waals surface area contributed by atoms with Gasteiger partial charge in [0.25, 0.3) is 0 Å². The first-order chi connectivity index (χ1) is 9.55. The molecule has 0 spiro atoms. The summed E-state index contributed by atoms with van der Waals surface area (Å²) < 4.78 is 25.4. The lowest BCUT2D eigenvalue weighted by Crippen LogP contribution is -2.13. The van der Waals surface area contributed by atoms with E-state index < -0.39 is 15.1 Å². The van der Waals surface area contributed by atoms with E-state index in [9.17, 15) is 8.42 Å². The molecule has 3 nitrogen and oxygen atoms in total. The van der Waals surface area contributed by atoms with Gasteiger partial charge in [-0.05, 0) is 30.2 Å². The van der Waals surface area contributed by atoms with Crippen LogP contribution in [0.2, 0.25) is 0 Å². The van der Waals surface area contributed by atoms with Crippen LogP contribution in [0.4, 0.5) is 0 Å². The number of sulfone groups is 1. The van der Waals surface area contributed by atoms with Crippen LogP contribution in [0.1, 0.15) is 22.8 Å². The fourth-order valence-corrected chi connectivity index (χ4v) is 3.87. The van der Waals surface area contributed by atoms with Crippen LogP contribution in [0.25, 0.3) is 0 Å². The number of hydrogen-bond donors (Lipinski definition) is 0. The first kappa shape index (κ1) is 14.3. The van der Waals surface area contributed by atoms with Crippen molar-refractivity contribution in [1.29, 1.82) is 5.26 Å². The smallest absolute Gasteiger partial charge is 0.186 e. The summed E-state index contributed by atoms with van der Waals surface area (Å²) in [6, 6.07) is 17.6. The second-order valence-corrected chi connectivity index (χ2v) is 6.75. The summed E-state index contributed by atoms with van der Waals surface area (Å²) in [7, 11) is -3.56. The zero-order chi connectivity index (χ0) is 14.6. The van der Waals surface area contributed by atoms with Crippen LogP contribution in [0.3, 0.4) is 0 Å². The largest absolute Gasteiger partial charge is 0.223 e. The van der Waals surface area contributed by atoms with Crippen molar-refractivity contribution in [2.45, 2.75) is 23.5 Å². The Labute approximate surface area is 119 Å². The van der Waals surface area contributed by atoms with E-state index in [-0.39, 0.29) is 11.3 Å². The summed E-state index contributed by atoms with van der Waals surface area (Å²) in [5.41, 5.74) is 1.53. The molecule has 0 radical (unpaired) electrons. The van der Waals surface area contributed by atoms with Crippen LogP contribution in [0, 0.1) is 18.3 Å². The first-order valence-corrected chi connectivity index (χ1v) is 7.83. The third-order valence-electron chi connectivity index (χ3n) is 3.14. The molecule has 102 valence electrons. The summed E-state index contributed by atoms with van der Waals surface area (Å²) in [5.74, 6) is 0. The topological polar surface area (TPSA) is 57.9 Å². The second kappa shape index (κ2) is 5.89. The Bertz CT molecular complexity index is 731. The van der Waals surface area contributed by atoms with Crippen LogP contribution in [-0.2, 0) is 9.84 Å². The van der Waals surface area contributed by atoms with Gasteiger partial charge in [-0.1, -0.05) is 42.5 Å². The third-order valence-corrected chi connectivity index (χ3v) is 5.24. The minimum atomic E-state index is -3.56. The maximum atomic E-state index is 12.7. The molecule has 0 aliphatic carbocycles. The minimum Gasteiger partial charge on any atom is -0.223 e. The molecule has 1 atom stereocenters. The summed E-state index contributed by atoms with van der Waals surface area (Å²) in [4.78, 5) is 0.265. The molecule has 2 aromatic carbocycles. The van der Waals surface area contributed by atoms with Gasteiger partial charge < -0.3 is 0 Å². The fraction of sp³-hybridized carbons (Fsp3) is 0.188. The average Bonchev–Trinajstić information content (AvgIpc) is 2.45. The van der Waals surface area contributed by atoms with Crippen LogP contribution in [-0.4, -0.2) is 8.42 Å². The monoisotopic (exact) mass is 285 g/mol. The maximum Gasteiger partial charge on any atom is 0.186 e. The van der Waals surface area contributed by atoms with Crippen molar-refractivity contribution in [3.8, 4) is 6.07 Å². The molecule has 0 N–H and O–H groups in total. The normalized spacial score (nSPS) is 12.6. The molecule has 2 rings (SSSR count). The highest BCUT2D eigenvalue weighted by molar-refractivity contribution is 7.91. The van der Waals surface area contributed by atoms with Gasteiger partial charge in [0.15, 0.2) is 9.84 Å². The van der Waals surface area contributed by atoms with Crippen molar-refractivity contribution in [1.82, 2.24) is 0 Å². The summed E-state index contributed by atoms with van der Waals surface area (Å²) in [6.45, 7) is 1.85. The average molecular weight is 285 g/mol. The molecule has 0 aromatic heterocycles. The summed E-state index contributed by atoms with van der Waals surface area (Å²) in [5, 5.41) is 8.12. The van der Waals surface area contributed by atoms with E-state index in [1.165, 1.54) is 0 Å². The van der Waals surface area contributed by atoms with Crippen LogP contribution in [0.15, 0.2) is 59.5 Å². The molecular formula is C16H15NO2S. The van der Waals surface area contributed by atoms with E-state index in [2.05, 4.69) is 0 Å². The molecule has 20 heavy (non-hydrogen) atoms. The van der Waals surface area contributed by atoms with Crippen molar-refractivity contribution in [2.24, 2.45) is 0 Å². The lowest BCUT2D eigenvalue weighted by Gasteiger charge is -2.15. The molecule has 4 heteroatoms. The molecule has 0 heterocycles. The van der Waals surface area contributed by atoms with Crippen molar-refractivity contribution in [2.75, 3.05) is 0 Å². The highest BCUT2D eigenvalue weighted by Gasteiger charge is 2.28. The van der Waals surface area contributed by atoms with Crippen LogP contribution < -0.4 is 0 Å². The summed E-state index contributed by atoms with van der Waals surface area (Å²) in [6.07, 6.45) is -0.0553. The molecule has 2 aromatic rings. The van der Waals surface area contributed by atoms with Crippen LogP contribution >= 0.6 is 0 Å². The molecule has 0 amide bonds. The second-order valence-electron chi connectivity index (χ2n) is 4.62. The third kappa shape index (κ3) is 2.89. The van der Waals surface area contributed by atoms with Gasteiger partial charge in [-0.15, -0.1) is 0 Å². The molecule has 0 aliphatic rings. The van der Waals surface area contributed by atoms with Gasteiger partial charge in [-0.3, -0.25) is 0 Å². The number of nitrogens with zero attached hydrogens (tertiary/aromatic N) is 1. The van der Waals surface area contributed by atoms with E-state index in [4.69, 9.17) is 5.26 Å². The number of nitriles is 1. The van der Waals surface area contributed by atoms with E-state index >= 15 is 0 Å². The van der Waals surface area contributed by atoms with E-state index in [0.717, 1.165) is 5.56 Å². The van der Waals surface area contributed by atoms with Gasteiger partial charge in [-0.25, -0.2) is 8.42 Å². The predicted molar refractivity (Wildman–Crippen MR) is 77.8 cm³/mol. The Morgan fingerprint density at radius 3 is 2.40 bits per heavy atom. The standard InChI is InChI=1S/C16H15NO2S/c1-13-6-5-9-15(12-13)20(18,19)16(10-11-17)14-7-3-2-4-8-14/h2-9,12,16H,10H2,1H3. The van der Waals surface area contributed by atoms with E-state index in [0.29, 0.717) is 5.56 Å². The zero-order valence-corrected chi connectivity index (χ0v) is 12.0. The fourth-order valence-electron chi connectivity index (χ4n) is 2.11. The van der Waals surface area contributed by atoms with Gasteiger partial charge in [0.2, 0.25) is 0 Å². The maximum absolute atomic E-state index is 12.7. The Morgan fingerprint density at radius 1 is 1.10 bits per heavy atom. The first-order valence-electron chi connectivity index (χ1n) is 6.28. The lowest BCUT2D eigenvalue weighted by molar-refractivity contribution is 0.582. The SMILES string of the molecule is Cc1cccc(S(=O)(=O)C(CC#N)c2ccccc2)c1. The van der Waals surface area contributed by atoms with Crippen molar-refractivity contribution in [3.05, 3.63) is 65.7 Å². The quantitative estimate of drug-likeness (QED) is 0.864. The molecule has 1 unspecified atom stereocenters. The number of benzene rings is 2. The molecular weight excluding hydrogens is 270 g/mol. The number of hydrogen-bond acceptors (Lipinski definition) is 3. The van der Waals surface area contributed by atoms with Crippen molar-refractivity contribution < 1.29 is 8.42 Å². The van der Waals surface area contributed by atoms with Gasteiger partial charge in [0.1, 0.15) is 5.25 Å². The molecule has 0 saturated heterocycles. The van der Waals surface area contributed by atoms with Crippen molar-refractivity contribution >= 4 is 9.84 Å².